The van der Waals surface area contributed by atoms with Gasteiger partial charge in [0.05, 0.1) is 10.6 Å². The van der Waals surface area contributed by atoms with Crippen LogP contribution in [0.3, 0.4) is 0 Å². The third kappa shape index (κ3) is 3.66. The Kier molecular flexibility index (Phi) is 5.04. The Labute approximate surface area is 175 Å². The van der Waals surface area contributed by atoms with Crippen molar-refractivity contribution in [3.63, 3.8) is 0 Å². The Morgan fingerprint density at radius 3 is 2.40 bits per heavy atom. The van der Waals surface area contributed by atoms with E-state index in [2.05, 4.69) is 10.3 Å². The molecule has 1 aromatic heterocycles. The Hall–Kier alpha value is -3.97. The van der Waals surface area contributed by atoms with Crippen LogP contribution in [0, 0.1) is 10.1 Å². The summed E-state index contributed by atoms with van der Waals surface area (Å²) in [6.07, 6.45) is 0. The molecule has 2 N–H and O–H groups in total. The summed E-state index contributed by atoms with van der Waals surface area (Å²) in [4.78, 5) is 39.4. The molecule has 1 amide bonds. The van der Waals surface area contributed by atoms with Crippen LogP contribution in [0.25, 0.3) is 10.9 Å². The van der Waals surface area contributed by atoms with E-state index in [-0.39, 0.29) is 28.4 Å². The first-order chi connectivity index (χ1) is 14.4. The van der Waals surface area contributed by atoms with Crippen molar-refractivity contribution in [3.8, 4) is 0 Å². The van der Waals surface area contributed by atoms with Crippen LogP contribution in [0.2, 0.25) is 5.02 Å². The van der Waals surface area contributed by atoms with Gasteiger partial charge in [-0.05, 0) is 24.3 Å². The van der Waals surface area contributed by atoms with Crippen molar-refractivity contribution in [2.45, 2.75) is 0 Å². The molecule has 0 saturated carbocycles. The monoisotopic (exact) mass is 419 g/mol. The number of aromatic amines is 1. The fourth-order valence-corrected chi connectivity index (χ4v) is 3.32. The fraction of sp³-hybridized carbons (Fsp3) is 0. The number of nitrogens with zero attached hydrogens (tertiary/aromatic N) is 1. The molecule has 1 heterocycles. The molecule has 0 aliphatic carbocycles. The fourth-order valence-electron chi connectivity index (χ4n) is 3.15. The first kappa shape index (κ1) is 19.4. The summed E-state index contributed by atoms with van der Waals surface area (Å²) >= 11 is 6.07. The maximum Gasteiger partial charge on any atom is 0.270 e. The highest BCUT2D eigenvalue weighted by molar-refractivity contribution is 6.31. The number of nitro groups is 1. The van der Waals surface area contributed by atoms with Crippen molar-refractivity contribution in [2.75, 3.05) is 5.32 Å². The van der Waals surface area contributed by atoms with Gasteiger partial charge in [-0.1, -0.05) is 48.0 Å². The first-order valence-corrected chi connectivity index (χ1v) is 9.28. The van der Waals surface area contributed by atoms with Gasteiger partial charge < -0.3 is 10.3 Å². The minimum absolute atomic E-state index is 0.102. The summed E-state index contributed by atoms with van der Waals surface area (Å²) in [5, 5.41) is 14.8. The molecular formula is C22H14ClN3O4. The van der Waals surface area contributed by atoms with Crippen molar-refractivity contribution in [1.29, 1.82) is 0 Å². The number of halogens is 1. The number of carbonyl (C=O) groups excluding carboxylic acids is 2. The molecule has 4 rings (SSSR count). The van der Waals surface area contributed by atoms with Crippen molar-refractivity contribution in [1.82, 2.24) is 4.98 Å². The second kappa shape index (κ2) is 7.81. The van der Waals surface area contributed by atoms with Crippen LogP contribution in [0.5, 0.6) is 0 Å². The number of fused-ring (bicyclic) bond motifs is 1. The van der Waals surface area contributed by atoms with E-state index in [0.717, 1.165) is 0 Å². The van der Waals surface area contributed by atoms with Gasteiger partial charge >= 0.3 is 0 Å². The quantitative estimate of drug-likeness (QED) is 0.263. The third-order valence-corrected chi connectivity index (χ3v) is 4.82. The first-order valence-electron chi connectivity index (χ1n) is 8.91. The van der Waals surface area contributed by atoms with Gasteiger partial charge in [0.2, 0.25) is 5.78 Å². The summed E-state index contributed by atoms with van der Waals surface area (Å²) in [5.41, 5.74) is 1.40. The smallest absolute Gasteiger partial charge is 0.270 e. The number of H-pyrrole nitrogens is 1. The van der Waals surface area contributed by atoms with E-state index in [1.165, 1.54) is 24.3 Å². The van der Waals surface area contributed by atoms with Crippen LogP contribution in [0.1, 0.15) is 26.4 Å². The van der Waals surface area contributed by atoms with E-state index < -0.39 is 10.8 Å². The minimum atomic E-state index is -0.575. The molecule has 0 bridgehead atoms. The van der Waals surface area contributed by atoms with Crippen molar-refractivity contribution < 1.29 is 14.5 Å². The molecule has 0 fully saturated rings. The molecule has 0 aliphatic heterocycles. The molecule has 0 saturated heterocycles. The Morgan fingerprint density at radius 1 is 0.933 bits per heavy atom. The molecular weight excluding hydrogens is 406 g/mol. The molecule has 0 aliphatic rings. The van der Waals surface area contributed by atoms with E-state index in [1.54, 1.807) is 48.5 Å². The van der Waals surface area contributed by atoms with Gasteiger partial charge in [0.1, 0.15) is 5.69 Å². The molecule has 7 nitrogen and oxygen atoms in total. The molecule has 0 spiro atoms. The van der Waals surface area contributed by atoms with Crippen LogP contribution in [0.15, 0.2) is 72.8 Å². The maximum atomic E-state index is 13.1. The van der Waals surface area contributed by atoms with Crippen LogP contribution >= 0.6 is 11.6 Å². The van der Waals surface area contributed by atoms with Gasteiger partial charge in [0.15, 0.2) is 0 Å². The molecule has 8 heteroatoms. The maximum absolute atomic E-state index is 13.1. The standard InChI is InChI=1S/C22H14ClN3O4/c23-15-9-10-17-18(12-15)24-20(21(27)13-5-2-1-3-6-13)19(17)25-22(28)14-7-4-8-16(11-14)26(29)30/h1-12,24H,(H,25,28). The van der Waals surface area contributed by atoms with Crippen LogP contribution in [-0.2, 0) is 0 Å². The lowest BCUT2D eigenvalue weighted by molar-refractivity contribution is -0.384. The second-order valence-electron chi connectivity index (χ2n) is 6.52. The number of rotatable bonds is 5. The van der Waals surface area contributed by atoms with E-state index in [1.807, 2.05) is 0 Å². The largest absolute Gasteiger partial charge is 0.350 e. The topological polar surface area (TPSA) is 105 Å². The van der Waals surface area contributed by atoms with Gasteiger partial charge in [0, 0.05) is 39.2 Å². The third-order valence-electron chi connectivity index (χ3n) is 4.58. The Bertz CT molecular complexity index is 1300. The summed E-state index contributed by atoms with van der Waals surface area (Å²) in [6, 6.07) is 19.0. The number of anilines is 1. The predicted molar refractivity (Wildman–Crippen MR) is 114 cm³/mol. The number of amides is 1. The number of hydrogen-bond acceptors (Lipinski definition) is 4. The summed E-state index contributed by atoms with van der Waals surface area (Å²) in [7, 11) is 0. The van der Waals surface area contributed by atoms with E-state index in [9.17, 15) is 19.7 Å². The number of nitrogens with one attached hydrogen (secondary N) is 2. The highest BCUT2D eigenvalue weighted by Crippen LogP contribution is 2.32. The van der Waals surface area contributed by atoms with E-state index >= 15 is 0 Å². The highest BCUT2D eigenvalue weighted by atomic mass is 35.5. The molecule has 0 radical (unpaired) electrons. The molecule has 0 unspecified atom stereocenters. The zero-order valence-corrected chi connectivity index (χ0v) is 16.1. The number of non-ortho nitro benzene ring substituents is 1. The Balaban J connectivity index is 1.79. The Morgan fingerprint density at radius 2 is 1.67 bits per heavy atom. The van der Waals surface area contributed by atoms with Gasteiger partial charge in [-0.3, -0.25) is 19.7 Å². The van der Waals surface area contributed by atoms with Gasteiger partial charge in [-0.25, -0.2) is 0 Å². The number of nitro benzene ring substituents is 1. The van der Waals surface area contributed by atoms with E-state index in [0.29, 0.717) is 21.5 Å². The zero-order valence-electron chi connectivity index (χ0n) is 15.4. The van der Waals surface area contributed by atoms with Crippen LogP contribution in [0.4, 0.5) is 11.4 Å². The zero-order chi connectivity index (χ0) is 21.3. The van der Waals surface area contributed by atoms with Crippen LogP contribution < -0.4 is 5.32 Å². The molecule has 30 heavy (non-hydrogen) atoms. The average Bonchev–Trinajstić information content (AvgIpc) is 3.11. The van der Waals surface area contributed by atoms with Crippen molar-refractivity contribution in [2.24, 2.45) is 0 Å². The lowest BCUT2D eigenvalue weighted by Crippen LogP contribution is -2.15. The van der Waals surface area contributed by atoms with Gasteiger partial charge in [-0.2, -0.15) is 0 Å². The SMILES string of the molecule is O=C(Nc1c(C(=O)c2ccccc2)[nH]c2cc(Cl)ccc12)c1cccc([N+](=O)[O-])c1. The average molecular weight is 420 g/mol. The lowest BCUT2D eigenvalue weighted by Gasteiger charge is -2.08. The minimum Gasteiger partial charge on any atom is -0.350 e. The summed E-state index contributed by atoms with van der Waals surface area (Å²) in [6.45, 7) is 0. The summed E-state index contributed by atoms with van der Waals surface area (Å²) < 4.78 is 0. The molecule has 148 valence electrons. The van der Waals surface area contributed by atoms with Gasteiger partial charge in [-0.15, -0.1) is 0 Å². The van der Waals surface area contributed by atoms with Gasteiger partial charge in [0.25, 0.3) is 11.6 Å². The molecule has 3 aromatic carbocycles. The van der Waals surface area contributed by atoms with E-state index in [4.69, 9.17) is 11.6 Å². The number of hydrogen-bond donors (Lipinski definition) is 2. The highest BCUT2D eigenvalue weighted by Gasteiger charge is 2.22. The number of aromatic nitrogens is 1. The van der Waals surface area contributed by atoms with Crippen molar-refractivity contribution >= 4 is 45.6 Å². The predicted octanol–water partition coefficient (Wildman–Crippen LogP) is 5.21. The summed E-state index contributed by atoms with van der Waals surface area (Å²) in [5.74, 6) is -0.881. The lowest BCUT2D eigenvalue weighted by atomic mass is 10.1. The molecule has 4 aromatic rings. The van der Waals surface area contributed by atoms with Crippen molar-refractivity contribution in [3.05, 3.63) is 105 Å². The normalized spacial score (nSPS) is 10.7. The van der Waals surface area contributed by atoms with Crippen LogP contribution in [-0.4, -0.2) is 21.6 Å². The number of benzene rings is 3. The second-order valence-corrected chi connectivity index (χ2v) is 6.96. The number of carbonyl (C=O) groups is 2. The number of ketones is 1. The molecule has 0 atom stereocenters.